The van der Waals surface area contributed by atoms with E-state index in [2.05, 4.69) is 15.0 Å². The van der Waals surface area contributed by atoms with Crippen LogP contribution in [0.3, 0.4) is 0 Å². The van der Waals surface area contributed by atoms with Gasteiger partial charge in [-0.25, -0.2) is 8.42 Å². The van der Waals surface area contributed by atoms with E-state index in [9.17, 15) is 22.8 Å². The van der Waals surface area contributed by atoms with Crippen LogP contribution in [0.5, 0.6) is 0 Å². The molecule has 3 amide bonds. The molecule has 1 aromatic heterocycles. The summed E-state index contributed by atoms with van der Waals surface area (Å²) in [5.41, 5.74) is 1.85. The van der Waals surface area contributed by atoms with Crippen molar-refractivity contribution in [1.29, 1.82) is 0 Å². The highest BCUT2D eigenvalue weighted by molar-refractivity contribution is 7.92. The van der Waals surface area contributed by atoms with E-state index in [4.69, 9.17) is 0 Å². The first-order chi connectivity index (χ1) is 15.2. The second-order valence-electron chi connectivity index (χ2n) is 7.10. The zero-order chi connectivity index (χ0) is 22.9. The Morgan fingerprint density at radius 1 is 0.938 bits per heavy atom. The molecule has 2 aromatic carbocycles. The van der Waals surface area contributed by atoms with Crippen LogP contribution in [0.4, 0.5) is 11.4 Å². The van der Waals surface area contributed by atoms with Crippen molar-refractivity contribution in [3.8, 4) is 0 Å². The summed E-state index contributed by atoms with van der Waals surface area (Å²) in [5, 5.41) is 2.60. The third kappa shape index (κ3) is 4.21. The number of aromatic nitrogens is 1. The molecule has 0 unspecified atom stereocenters. The third-order valence-corrected chi connectivity index (χ3v) is 6.16. The number of benzene rings is 2. The van der Waals surface area contributed by atoms with Crippen LogP contribution in [0, 0.1) is 0 Å². The average molecular weight is 450 g/mol. The molecule has 0 atom stereocenters. The number of anilines is 2. The second kappa shape index (κ2) is 8.23. The molecule has 9 nitrogen and oxygen atoms in total. The van der Waals surface area contributed by atoms with Crippen LogP contribution in [0.25, 0.3) is 0 Å². The topological polar surface area (TPSA) is 126 Å². The van der Waals surface area contributed by atoms with Crippen molar-refractivity contribution in [2.45, 2.75) is 18.4 Å². The van der Waals surface area contributed by atoms with E-state index in [1.807, 2.05) is 0 Å². The predicted molar refractivity (Wildman–Crippen MR) is 116 cm³/mol. The third-order valence-electron chi connectivity index (χ3n) is 4.76. The van der Waals surface area contributed by atoms with E-state index in [1.165, 1.54) is 37.4 Å². The summed E-state index contributed by atoms with van der Waals surface area (Å²) >= 11 is 0. The van der Waals surface area contributed by atoms with Gasteiger partial charge in [-0.05, 0) is 54.1 Å². The molecule has 2 heterocycles. The Bertz CT molecular complexity index is 1280. The molecule has 0 fully saturated rings. The molecular formula is C22H18N4O5S. The number of pyridine rings is 1. The number of carbonyl (C=O) groups is 3. The molecule has 0 spiro atoms. The van der Waals surface area contributed by atoms with E-state index >= 15 is 0 Å². The van der Waals surface area contributed by atoms with Crippen LogP contribution in [0.15, 0.2) is 71.8 Å². The highest BCUT2D eigenvalue weighted by Gasteiger charge is 2.36. The van der Waals surface area contributed by atoms with Gasteiger partial charge in [-0.2, -0.15) is 0 Å². The number of carbonyl (C=O) groups excluding carboxylic acids is 3. The van der Waals surface area contributed by atoms with Crippen LogP contribution >= 0.6 is 0 Å². The van der Waals surface area contributed by atoms with Gasteiger partial charge in [0.15, 0.2) is 0 Å². The van der Waals surface area contributed by atoms with Gasteiger partial charge in [0, 0.05) is 24.5 Å². The second-order valence-corrected chi connectivity index (χ2v) is 8.79. The van der Waals surface area contributed by atoms with Gasteiger partial charge in [0.1, 0.15) is 5.69 Å². The van der Waals surface area contributed by atoms with Gasteiger partial charge >= 0.3 is 0 Å². The molecule has 32 heavy (non-hydrogen) atoms. The van der Waals surface area contributed by atoms with Crippen molar-refractivity contribution in [3.63, 3.8) is 0 Å². The molecule has 162 valence electrons. The summed E-state index contributed by atoms with van der Waals surface area (Å²) < 4.78 is 27.8. The van der Waals surface area contributed by atoms with Crippen LogP contribution < -0.4 is 10.0 Å². The fraction of sp³-hybridized carbons (Fsp3) is 0.0909. The lowest BCUT2D eigenvalue weighted by Crippen LogP contribution is -2.29. The number of sulfonamides is 1. The fourth-order valence-electron chi connectivity index (χ4n) is 3.25. The molecule has 0 aliphatic carbocycles. The molecule has 0 saturated heterocycles. The zero-order valence-electron chi connectivity index (χ0n) is 16.9. The minimum Gasteiger partial charge on any atom is -0.326 e. The number of imide groups is 1. The lowest BCUT2D eigenvalue weighted by atomic mass is 10.2. The number of fused-ring (bicyclic) bond motifs is 1. The number of amides is 3. The number of nitrogens with one attached hydrogen (secondary N) is 2. The van der Waals surface area contributed by atoms with Gasteiger partial charge in [-0.3, -0.25) is 29.0 Å². The van der Waals surface area contributed by atoms with Gasteiger partial charge in [0.05, 0.1) is 17.0 Å². The highest BCUT2D eigenvalue weighted by atomic mass is 32.2. The molecule has 1 aliphatic rings. The maximum absolute atomic E-state index is 12.7. The highest BCUT2D eigenvalue weighted by Crippen LogP contribution is 2.24. The van der Waals surface area contributed by atoms with Crippen LogP contribution in [0.2, 0.25) is 0 Å². The molecule has 1 aliphatic heterocycles. The van der Waals surface area contributed by atoms with Crippen LogP contribution in [-0.4, -0.2) is 36.0 Å². The van der Waals surface area contributed by atoms with Gasteiger partial charge in [-0.1, -0.05) is 12.1 Å². The summed E-state index contributed by atoms with van der Waals surface area (Å²) in [6.45, 7) is 1.39. The lowest BCUT2D eigenvalue weighted by Gasteiger charge is -2.14. The molecule has 0 radical (unpaired) electrons. The minimum absolute atomic E-state index is 0.00634. The lowest BCUT2D eigenvalue weighted by molar-refractivity contribution is -0.114. The maximum atomic E-state index is 12.7. The number of nitrogens with zero attached hydrogens (tertiary/aromatic N) is 2. The van der Waals surface area contributed by atoms with E-state index < -0.39 is 21.8 Å². The standard InChI is InChI=1S/C22H18N4O5S/c1-14(27)24-16-6-8-17(9-7-16)25-32(30,31)18-10-4-15(5-11-18)13-26-21(28)19-3-2-12-23-20(19)22(26)29/h2-12,25H,13H2,1H3,(H,24,27). The quantitative estimate of drug-likeness (QED) is 0.556. The largest absolute Gasteiger partial charge is 0.326 e. The summed E-state index contributed by atoms with van der Waals surface area (Å²) in [7, 11) is -3.85. The Labute approximate surface area is 184 Å². The molecule has 0 bridgehead atoms. The van der Waals surface area contributed by atoms with Crippen molar-refractivity contribution in [3.05, 3.63) is 83.7 Å². The summed E-state index contributed by atoms with van der Waals surface area (Å²) in [6.07, 6.45) is 1.45. The molecule has 10 heteroatoms. The first kappa shape index (κ1) is 21.2. The Balaban J connectivity index is 1.46. The normalized spacial score (nSPS) is 13.1. The molecule has 3 aromatic rings. The monoisotopic (exact) mass is 450 g/mol. The summed E-state index contributed by atoms with van der Waals surface area (Å²) in [6, 6.07) is 15.3. The Kier molecular flexibility index (Phi) is 5.45. The number of rotatable bonds is 6. The van der Waals surface area contributed by atoms with E-state index in [0.29, 0.717) is 16.9 Å². The Morgan fingerprint density at radius 2 is 1.59 bits per heavy atom. The first-order valence-electron chi connectivity index (χ1n) is 9.55. The fourth-order valence-corrected chi connectivity index (χ4v) is 4.31. The molecular weight excluding hydrogens is 432 g/mol. The van der Waals surface area contributed by atoms with Crippen LogP contribution in [0.1, 0.15) is 33.3 Å². The van der Waals surface area contributed by atoms with Crippen molar-refractivity contribution < 1.29 is 22.8 Å². The van der Waals surface area contributed by atoms with Crippen molar-refractivity contribution in [1.82, 2.24) is 9.88 Å². The minimum atomic E-state index is -3.85. The van der Waals surface area contributed by atoms with Gasteiger partial charge < -0.3 is 5.32 Å². The smallest absolute Gasteiger partial charge is 0.280 e. The zero-order valence-corrected chi connectivity index (χ0v) is 17.7. The molecule has 4 rings (SSSR count). The van der Waals surface area contributed by atoms with Crippen molar-refractivity contribution in [2.75, 3.05) is 10.0 Å². The van der Waals surface area contributed by atoms with Gasteiger partial charge in [0.2, 0.25) is 5.91 Å². The average Bonchev–Trinajstić information content (AvgIpc) is 3.00. The van der Waals surface area contributed by atoms with E-state index in [0.717, 1.165) is 4.90 Å². The number of hydrogen-bond acceptors (Lipinski definition) is 6. The van der Waals surface area contributed by atoms with Crippen molar-refractivity contribution in [2.24, 2.45) is 0 Å². The van der Waals surface area contributed by atoms with Gasteiger partial charge in [0.25, 0.3) is 21.8 Å². The van der Waals surface area contributed by atoms with Crippen LogP contribution in [-0.2, 0) is 21.4 Å². The Morgan fingerprint density at radius 3 is 2.22 bits per heavy atom. The number of hydrogen-bond donors (Lipinski definition) is 2. The van der Waals surface area contributed by atoms with E-state index in [-0.39, 0.29) is 28.6 Å². The SMILES string of the molecule is CC(=O)Nc1ccc(NS(=O)(=O)c2ccc(CN3C(=O)c4cccnc4C3=O)cc2)cc1. The van der Waals surface area contributed by atoms with E-state index in [1.54, 1.807) is 36.4 Å². The van der Waals surface area contributed by atoms with Crippen molar-refractivity contribution >= 4 is 39.1 Å². The Hall–Kier alpha value is -4.05. The molecule has 0 saturated carbocycles. The first-order valence-corrected chi connectivity index (χ1v) is 11.0. The predicted octanol–water partition coefficient (Wildman–Crippen LogP) is 2.64. The molecule has 2 N–H and O–H groups in total. The van der Waals surface area contributed by atoms with Gasteiger partial charge in [-0.15, -0.1) is 0 Å². The maximum Gasteiger partial charge on any atom is 0.280 e. The summed E-state index contributed by atoms with van der Waals surface area (Å²) in [5.74, 6) is -1.14. The summed E-state index contributed by atoms with van der Waals surface area (Å²) in [4.78, 5) is 41.0.